The third-order valence-corrected chi connectivity index (χ3v) is 3.75. The number of hydrogen-bond acceptors (Lipinski definition) is 5. The molecule has 0 spiro atoms. The molecule has 1 aliphatic rings. The second-order valence-corrected chi connectivity index (χ2v) is 5.57. The number of ether oxygens (including phenoxy) is 1. The number of esters is 1. The maximum Gasteiger partial charge on any atom is 0.319 e. The lowest BCUT2D eigenvalue weighted by Crippen LogP contribution is -2.14. The van der Waals surface area contributed by atoms with Crippen molar-refractivity contribution in [3.63, 3.8) is 0 Å². The summed E-state index contributed by atoms with van der Waals surface area (Å²) >= 11 is 1.28. The molecule has 1 N–H and O–H groups in total. The number of aryl methyl sites for hydroxylation is 1. The predicted molar refractivity (Wildman–Crippen MR) is 68.7 cm³/mol. The molecule has 6 heteroatoms. The summed E-state index contributed by atoms with van der Waals surface area (Å²) in [6.07, 6.45) is 2.30. The molecule has 18 heavy (non-hydrogen) atoms. The van der Waals surface area contributed by atoms with E-state index in [-0.39, 0.29) is 22.9 Å². The van der Waals surface area contributed by atoms with E-state index in [2.05, 4.69) is 9.97 Å². The number of hydrogen-bond donors (Lipinski definition) is 1. The van der Waals surface area contributed by atoms with Crippen LogP contribution in [0.15, 0.2) is 16.0 Å². The zero-order chi connectivity index (χ0) is 13.1. The van der Waals surface area contributed by atoms with Crippen LogP contribution in [0.5, 0.6) is 0 Å². The molecule has 2 heterocycles. The van der Waals surface area contributed by atoms with E-state index in [9.17, 15) is 9.59 Å². The van der Waals surface area contributed by atoms with Gasteiger partial charge in [0.2, 0.25) is 0 Å². The fraction of sp³-hybridized carbons (Fsp3) is 0.583. The Morgan fingerprint density at radius 2 is 2.33 bits per heavy atom. The van der Waals surface area contributed by atoms with Crippen molar-refractivity contribution in [1.82, 2.24) is 9.97 Å². The summed E-state index contributed by atoms with van der Waals surface area (Å²) in [6.45, 7) is 3.90. The van der Waals surface area contributed by atoms with Gasteiger partial charge in [-0.1, -0.05) is 25.1 Å². The second kappa shape index (κ2) is 5.56. The number of H-pyrrole nitrogens is 1. The standard InChI is InChI=1S/C12H16N2O3S/c1-3-4-8-6-10(15)14-12(13-8)18-9-5-7(2)17-11(9)16/h6-7,9H,3-5H2,1-2H3,(H,13,14,15)/t7-,9-/m0/s1. The Kier molecular flexibility index (Phi) is 4.06. The van der Waals surface area contributed by atoms with Gasteiger partial charge in [0.25, 0.3) is 5.56 Å². The highest BCUT2D eigenvalue weighted by Crippen LogP contribution is 2.29. The Hall–Kier alpha value is -1.30. The zero-order valence-electron chi connectivity index (χ0n) is 10.4. The molecule has 0 radical (unpaired) electrons. The van der Waals surface area contributed by atoms with Gasteiger partial charge < -0.3 is 9.72 Å². The van der Waals surface area contributed by atoms with Crippen molar-refractivity contribution in [3.05, 3.63) is 22.1 Å². The van der Waals surface area contributed by atoms with E-state index in [1.165, 1.54) is 17.8 Å². The van der Waals surface area contributed by atoms with Crippen molar-refractivity contribution in [1.29, 1.82) is 0 Å². The minimum Gasteiger partial charge on any atom is -0.462 e. The van der Waals surface area contributed by atoms with Crippen LogP contribution in [-0.4, -0.2) is 27.3 Å². The maximum atomic E-state index is 11.5. The van der Waals surface area contributed by atoms with Crippen LogP contribution in [0.4, 0.5) is 0 Å². The van der Waals surface area contributed by atoms with E-state index in [4.69, 9.17) is 4.74 Å². The Morgan fingerprint density at radius 3 is 2.94 bits per heavy atom. The number of aromatic amines is 1. The predicted octanol–water partition coefficient (Wildman–Crippen LogP) is 1.52. The summed E-state index contributed by atoms with van der Waals surface area (Å²) in [5, 5.41) is 0.238. The van der Waals surface area contributed by atoms with Crippen molar-refractivity contribution in [3.8, 4) is 0 Å². The molecular formula is C12H16N2O3S. The van der Waals surface area contributed by atoms with Crippen LogP contribution >= 0.6 is 11.8 Å². The van der Waals surface area contributed by atoms with Crippen LogP contribution in [0.25, 0.3) is 0 Å². The summed E-state index contributed by atoms with van der Waals surface area (Å²) in [7, 11) is 0. The van der Waals surface area contributed by atoms with Gasteiger partial charge in [0.15, 0.2) is 5.16 Å². The third kappa shape index (κ3) is 3.13. The van der Waals surface area contributed by atoms with Crippen LogP contribution in [0, 0.1) is 0 Å². The number of cyclic esters (lactones) is 1. The number of carbonyl (C=O) groups is 1. The highest BCUT2D eigenvalue weighted by atomic mass is 32.2. The van der Waals surface area contributed by atoms with E-state index in [1.54, 1.807) is 0 Å². The molecule has 0 aliphatic carbocycles. The summed E-state index contributed by atoms with van der Waals surface area (Å²) in [6, 6.07) is 1.50. The molecule has 2 atom stereocenters. The number of nitrogens with one attached hydrogen (secondary N) is 1. The van der Waals surface area contributed by atoms with Gasteiger partial charge in [-0.15, -0.1) is 0 Å². The lowest BCUT2D eigenvalue weighted by Gasteiger charge is -2.05. The van der Waals surface area contributed by atoms with Crippen molar-refractivity contribution in [2.24, 2.45) is 0 Å². The second-order valence-electron chi connectivity index (χ2n) is 4.38. The SMILES string of the molecule is CCCc1cc(=O)[nH]c(S[C@H]2C[C@H](C)OC2=O)n1. The molecule has 0 saturated carbocycles. The third-order valence-electron chi connectivity index (χ3n) is 2.66. The van der Waals surface area contributed by atoms with Gasteiger partial charge in [0, 0.05) is 18.2 Å². The highest BCUT2D eigenvalue weighted by Gasteiger charge is 2.33. The largest absolute Gasteiger partial charge is 0.462 e. The molecule has 1 aromatic rings. The molecule has 5 nitrogen and oxygen atoms in total. The Morgan fingerprint density at radius 1 is 1.56 bits per heavy atom. The average molecular weight is 268 g/mol. The van der Waals surface area contributed by atoms with E-state index < -0.39 is 0 Å². The van der Waals surface area contributed by atoms with Gasteiger partial charge in [-0.2, -0.15) is 0 Å². The number of carbonyl (C=O) groups excluding carboxylic acids is 1. The van der Waals surface area contributed by atoms with Crippen LogP contribution in [0.3, 0.4) is 0 Å². The average Bonchev–Trinajstić information content (AvgIpc) is 2.57. The molecule has 1 saturated heterocycles. The molecule has 1 aromatic heterocycles. The van der Waals surface area contributed by atoms with Crippen molar-refractivity contribution < 1.29 is 9.53 Å². The van der Waals surface area contributed by atoms with Crippen LogP contribution in [-0.2, 0) is 16.0 Å². The minimum atomic E-state index is -0.264. The lowest BCUT2D eigenvalue weighted by atomic mass is 10.2. The molecule has 98 valence electrons. The van der Waals surface area contributed by atoms with E-state index in [0.29, 0.717) is 11.6 Å². The fourth-order valence-electron chi connectivity index (χ4n) is 1.87. The Labute approximate surface area is 109 Å². The number of aromatic nitrogens is 2. The summed E-state index contributed by atoms with van der Waals surface area (Å²) in [5.74, 6) is -0.226. The number of thioether (sulfide) groups is 1. The van der Waals surface area contributed by atoms with Crippen LogP contribution in [0.2, 0.25) is 0 Å². The summed E-state index contributed by atoms with van der Waals surface area (Å²) in [5.41, 5.74) is 0.596. The normalized spacial score (nSPS) is 23.1. The van der Waals surface area contributed by atoms with Crippen LogP contribution < -0.4 is 5.56 Å². The first-order valence-corrected chi connectivity index (χ1v) is 6.94. The molecule has 0 unspecified atom stereocenters. The molecule has 0 bridgehead atoms. The van der Waals surface area contributed by atoms with Gasteiger partial charge in [0.1, 0.15) is 11.4 Å². The van der Waals surface area contributed by atoms with E-state index >= 15 is 0 Å². The maximum absolute atomic E-state index is 11.5. The van der Waals surface area contributed by atoms with Crippen molar-refractivity contribution >= 4 is 17.7 Å². The quantitative estimate of drug-likeness (QED) is 0.662. The smallest absolute Gasteiger partial charge is 0.319 e. The van der Waals surface area contributed by atoms with Crippen LogP contribution in [0.1, 0.15) is 32.4 Å². The fourth-order valence-corrected chi connectivity index (χ4v) is 2.99. The van der Waals surface area contributed by atoms with Gasteiger partial charge in [-0.25, -0.2) is 4.98 Å². The molecular weight excluding hydrogens is 252 g/mol. The summed E-state index contributed by atoms with van der Waals surface area (Å²) in [4.78, 5) is 30.0. The van der Waals surface area contributed by atoms with Gasteiger partial charge in [-0.3, -0.25) is 9.59 Å². The molecule has 0 aromatic carbocycles. The Bertz CT molecular complexity index is 500. The van der Waals surface area contributed by atoms with E-state index in [1.807, 2.05) is 13.8 Å². The van der Waals surface area contributed by atoms with E-state index in [0.717, 1.165) is 18.5 Å². The van der Waals surface area contributed by atoms with Gasteiger partial charge >= 0.3 is 5.97 Å². The van der Waals surface area contributed by atoms with Gasteiger partial charge in [0.05, 0.1) is 0 Å². The molecule has 1 aliphatic heterocycles. The van der Waals surface area contributed by atoms with Crippen molar-refractivity contribution in [2.75, 3.05) is 0 Å². The first-order chi connectivity index (χ1) is 8.58. The zero-order valence-corrected chi connectivity index (χ0v) is 11.3. The Balaban J connectivity index is 2.13. The van der Waals surface area contributed by atoms with Crippen molar-refractivity contribution in [2.45, 2.75) is 49.6 Å². The molecule has 1 fully saturated rings. The number of rotatable bonds is 4. The minimum absolute atomic E-state index is 0.0550. The lowest BCUT2D eigenvalue weighted by molar-refractivity contribution is -0.140. The highest BCUT2D eigenvalue weighted by molar-refractivity contribution is 8.00. The number of nitrogens with zero attached hydrogens (tertiary/aromatic N) is 1. The first kappa shape index (κ1) is 13.1. The molecule has 2 rings (SSSR count). The monoisotopic (exact) mass is 268 g/mol. The van der Waals surface area contributed by atoms with Gasteiger partial charge in [-0.05, 0) is 13.3 Å². The first-order valence-electron chi connectivity index (χ1n) is 6.06. The topological polar surface area (TPSA) is 72.1 Å². The summed E-state index contributed by atoms with van der Waals surface area (Å²) < 4.78 is 5.07. The molecule has 0 amide bonds.